The van der Waals surface area contributed by atoms with Gasteiger partial charge in [-0.2, -0.15) is 0 Å². The summed E-state index contributed by atoms with van der Waals surface area (Å²) in [5.74, 6) is -0.396. The summed E-state index contributed by atoms with van der Waals surface area (Å²) in [6.07, 6.45) is -1.87. The molecule has 2 saturated heterocycles. The molecule has 0 amide bonds. The van der Waals surface area contributed by atoms with Crippen LogP contribution in [0.15, 0.2) is 0 Å². The van der Waals surface area contributed by atoms with Gasteiger partial charge in [0.1, 0.15) is 18.3 Å². The molecule has 6 heteroatoms. The first-order valence-electron chi connectivity index (χ1n) is 4.84. The number of hydrogen-bond donors (Lipinski definition) is 1. The minimum Gasteiger partial charge on any atom is -0.469 e. The van der Waals surface area contributed by atoms with E-state index in [1.807, 2.05) is 0 Å². The normalized spacial score (nSPS) is 39.9. The third kappa shape index (κ3) is 2.28. The van der Waals surface area contributed by atoms with Gasteiger partial charge in [0, 0.05) is 0 Å². The second kappa shape index (κ2) is 4.44. The van der Waals surface area contributed by atoms with Gasteiger partial charge in [0.05, 0.1) is 26.7 Å². The molecule has 86 valence electrons. The van der Waals surface area contributed by atoms with Crippen LogP contribution in [0.3, 0.4) is 0 Å². The molecule has 0 spiro atoms. The third-order valence-electron chi connectivity index (χ3n) is 2.54. The number of ether oxygens (including phenoxy) is 4. The second-order valence-electron chi connectivity index (χ2n) is 3.58. The van der Waals surface area contributed by atoms with E-state index in [2.05, 4.69) is 4.74 Å². The topological polar surface area (TPSA) is 74.2 Å². The molecule has 6 nitrogen and oxygen atoms in total. The number of fused-ring (bicyclic) bond motifs is 1. The fourth-order valence-electron chi connectivity index (χ4n) is 1.72. The van der Waals surface area contributed by atoms with Gasteiger partial charge in [-0.3, -0.25) is 4.79 Å². The Morgan fingerprint density at radius 1 is 1.47 bits per heavy atom. The lowest BCUT2D eigenvalue weighted by Gasteiger charge is -2.31. The van der Waals surface area contributed by atoms with E-state index in [1.54, 1.807) is 0 Å². The molecule has 0 aromatic heterocycles. The van der Waals surface area contributed by atoms with Crippen molar-refractivity contribution in [3.05, 3.63) is 0 Å². The van der Waals surface area contributed by atoms with E-state index in [4.69, 9.17) is 14.2 Å². The van der Waals surface area contributed by atoms with Crippen LogP contribution in [-0.2, 0) is 23.7 Å². The lowest BCUT2D eigenvalue weighted by Crippen LogP contribution is -2.46. The highest BCUT2D eigenvalue weighted by Gasteiger charge is 2.43. The Balaban J connectivity index is 1.88. The lowest BCUT2D eigenvalue weighted by molar-refractivity contribution is -0.249. The summed E-state index contributed by atoms with van der Waals surface area (Å²) in [4.78, 5) is 11.0. The Kier molecular flexibility index (Phi) is 3.20. The smallest absolute Gasteiger partial charge is 0.310 e. The molecular formula is C9H14O6. The minimum atomic E-state index is -0.643. The zero-order valence-corrected chi connectivity index (χ0v) is 8.42. The van der Waals surface area contributed by atoms with Crippen molar-refractivity contribution in [1.82, 2.24) is 0 Å². The number of esters is 1. The van der Waals surface area contributed by atoms with Crippen LogP contribution in [-0.4, -0.2) is 56.0 Å². The van der Waals surface area contributed by atoms with Crippen LogP contribution < -0.4 is 0 Å². The molecule has 2 aliphatic rings. The molecular weight excluding hydrogens is 204 g/mol. The fourth-order valence-corrected chi connectivity index (χ4v) is 1.72. The first-order valence-corrected chi connectivity index (χ1v) is 4.84. The molecule has 2 fully saturated rings. The molecule has 0 saturated carbocycles. The van der Waals surface area contributed by atoms with E-state index in [0.29, 0.717) is 6.61 Å². The van der Waals surface area contributed by atoms with Crippen molar-refractivity contribution in [3.63, 3.8) is 0 Å². The molecule has 4 atom stereocenters. The molecule has 2 aliphatic heterocycles. The van der Waals surface area contributed by atoms with Crippen molar-refractivity contribution in [3.8, 4) is 0 Å². The summed E-state index contributed by atoms with van der Waals surface area (Å²) in [6.45, 7) is 0.590. The molecule has 1 N–H and O–H groups in total. The van der Waals surface area contributed by atoms with Crippen LogP contribution in [0, 0.1) is 0 Å². The van der Waals surface area contributed by atoms with Crippen molar-refractivity contribution in [2.45, 2.75) is 31.0 Å². The summed E-state index contributed by atoms with van der Waals surface area (Å²) in [5, 5.41) is 9.51. The highest BCUT2D eigenvalue weighted by molar-refractivity contribution is 5.69. The highest BCUT2D eigenvalue weighted by atomic mass is 16.7. The predicted octanol–water partition coefficient (Wildman–Crippen LogP) is -0.949. The monoisotopic (exact) mass is 218 g/mol. The molecule has 0 aromatic carbocycles. The molecule has 0 radical (unpaired) electrons. The number of carbonyl (C=O) groups excluding carboxylic acids is 1. The van der Waals surface area contributed by atoms with Crippen LogP contribution in [0.25, 0.3) is 0 Å². The largest absolute Gasteiger partial charge is 0.469 e. The average molecular weight is 218 g/mol. The second-order valence-corrected chi connectivity index (χ2v) is 3.58. The predicted molar refractivity (Wildman–Crippen MR) is 47.0 cm³/mol. The first-order chi connectivity index (χ1) is 7.20. The number of rotatable bonds is 2. The highest BCUT2D eigenvalue weighted by Crippen LogP contribution is 2.25. The van der Waals surface area contributed by atoms with Crippen molar-refractivity contribution >= 4 is 5.97 Å². The van der Waals surface area contributed by atoms with Gasteiger partial charge in [0.2, 0.25) is 0 Å². The van der Waals surface area contributed by atoms with E-state index in [0.717, 1.165) is 0 Å². The van der Waals surface area contributed by atoms with Crippen LogP contribution in [0.4, 0.5) is 0 Å². The maximum Gasteiger partial charge on any atom is 0.310 e. The van der Waals surface area contributed by atoms with Crippen LogP contribution in [0.2, 0.25) is 0 Å². The van der Waals surface area contributed by atoms with Crippen molar-refractivity contribution in [1.29, 1.82) is 0 Å². The molecule has 0 aromatic rings. The summed E-state index contributed by atoms with van der Waals surface area (Å²) >= 11 is 0. The van der Waals surface area contributed by atoms with Gasteiger partial charge in [-0.1, -0.05) is 0 Å². The van der Waals surface area contributed by atoms with Gasteiger partial charge in [0.15, 0.2) is 6.29 Å². The average Bonchev–Trinajstić information content (AvgIpc) is 2.60. The lowest BCUT2D eigenvalue weighted by atomic mass is 10.1. The number of aliphatic hydroxyl groups excluding tert-OH is 1. The quantitative estimate of drug-likeness (QED) is 0.602. The van der Waals surface area contributed by atoms with E-state index >= 15 is 0 Å². The Labute approximate surface area is 87.1 Å². The van der Waals surface area contributed by atoms with Gasteiger partial charge in [-0.25, -0.2) is 0 Å². The fraction of sp³-hybridized carbons (Fsp3) is 0.889. The number of hydrogen-bond acceptors (Lipinski definition) is 6. The maximum atomic E-state index is 11.0. The summed E-state index contributed by atoms with van der Waals surface area (Å²) < 4.78 is 20.4. The van der Waals surface area contributed by atoms with E-state index in [1.165, 1.54) is 7.11 Å². The number of carbonyl (C=O) groups is 1. The zero-order valence-electron chi connectivity index (χ0n) is 8.42. The van der Waals surface area contributed by atoms with Crippen molar-refractivity contribution in [2.75, 3.05) is 20.3 Å². The molecule has 2 heterocycles. The van der Waals surface area contributed by atoms with Crippen LogP contribution in [0.5, 0.6) is 0 Å². The zero-order chi connectivity index (χ0) is 10.8. The summed E-state index contributed by atoms with van der Waals surface area (Å²) in [5.41, 5.74) is 0. The Hall–Kier alpha value is -0.690. The van der Waals surface area contributed by atoms with Crippen LogP contribution >= 0.6 is 0 Å². The van der Waals surface area contributed by atoms with E-state index in [-0.39, 0.29) is 19.1 Å². The van der Waals surface area contributed by atoms with Gasteiger partial charge in [0.25, 0.3) is 0 Å². The number of methoxy groups -OCH3 is 1. The van der Waals surface area contributed by atoms with E-state index < -0.39 is 24.5 Å². The van der Waals surface area contributed by atoms with E-state index in [9.17, 15) is 9.90 Å². The Bertz CT molecular complexity index is 243. The van der Waals surface area contributed by atoms with Gasteiger partial charge >= 0.3 is 5.97 Å². The molecule has 15 heavy (non-hydrogen) atoms. The summed E-state index contributed by atoms with van der Waals surface area (Å²) in [7, 11) is 1.31. The van der Waals surface area contributed by atoms with Gasteiger partial charge < -0.3 is 24.1 Å². The molecule has 0 unspecified atom stereocenters. The standard InChI is InChI=1S/C9H14O6/c1-12-7(11)2-8-14-4-6-9(15-8)5(10)3-13-6/h5-6,8-10H,2-4H2,1H3/t5-,6+,8+,9+/m1/s1. The van der Waals surface area contributed by atoms with Crippen LogP contribution in [0.1, 0.15) is 6.42 Å². The first kappa shape index (κ1) is 10.8. The Morgan fingerprint density at radius 3 is 3.00 bits per heavy atom. The molecule has 2 rings (SSSR count). The van der Waals surface area contributed by atoms with Crippen molar-refractivity contribution < 1.29 is 28.8 Å². The molecule has 0 bridgehead atoms. The minimum absolute atomic E-state index is 0.0342. The van der Waals surface area contributed by atoms with Gasteiger partial charge in [-0.05, 0) is 0 Å². The summed E-state index contributed by atoms with van der Waals surface area (Å²) in [6, 6.07) is 0. The molecule has 0 aliphatic carbocycles. The SMILES string of the molecule is COC(=O)C[C@H]1OC[C@@H]2OC[C@@H](O)[C@@H]2O1. The van der Waals surface area contributed by atoms with Crippen molar-refractivity contribution in [2.24, 2.45) is 0 Å². The van der Waals surface area contributed by atoms with Gasteiger partial charge in [-0.15, -0.1) is 0 Å². The number of aliphatic hydroxyl groups is 1. The third-order valence-corrected chi connectivity index (χ3v) is 2.54. The maximum absolute atomic E-state index is 11.0. The Morgan fingerprint density at radius 2 is 2.27 bits per heavy atom.